The van der Waals surface area contributed by atoms with Gasteiger partial charge in [-0.3, -0.25) is 0 Å². The number of hydrogen-bond acceptors (Lipinski definition) is 2. The first-order valence-electron chi connectivity index (χ1n) is 6.03. The highest BCUT2D eigenvalue weighted by Gasteiger charge is 2.14. The summed E-state index contributed by atoms with van der Waals surface area (Å²) >= 11 is 0. The van der Waals surface area contributed by atoms with Gasteiger partial charge in [0.25, 0.3) is 0 Å². The number of ether oxygens (including phenoxy) is 1. The summed E-state index contributed by atoms with van der Waals surface area (Å²) < 4.78 is 5.17. The Kier molecular flexibility index (Phi) is 5.33. The van der Waals surface area contributed by atoms with Gasteiger partial charge in [-0.1, -0.05) is 26.0 Å². The summed E-state index contributed by atoms with van der Waals surface area (Å²) in [4.78, 5) is 0. The van der Waals surface area contributed by atoms with Crippen molar-refractivity contribution in [2.24, 2.45) is 11.7 Å². The van der Waals surface area contributed by atoms with Gasteiger partial charge >= 0.3 is 0 Å². The molecule has 2 heteroatoms. The molecule has 90 valence electrons. The molecule has 0 saturated heterocycles. The van der Waals surface area contributed by atoms with Crippen LogP contribution in [0.3, 0.4) is 0 Å². The fraction of sp³-hybridized carbons (Fsp3) is 0.571. The van der Waals surface area contributed by atoms with E-state index in [1.54, 1.807) is 7.11 Å². The van der Waals surface area contributed by atoms with Crippen LogP contribution in [0.1, 0.15) is 38.2 Å². The molecule has 0 fully saturated rings. The largest absolute Gasteiger partial charge is 0.497 e. The van der Waals surface area contributed by atoms with Crippen molar-refractivity contribution in [2.75, 3.05) is 13.7 Å². The highest BCUT2D eigenvalue weighted by molar-refractivity contribution is 5.29. The van der Waals surface area contributed by atoms with Crippen molar-refractivity contribution in [2.45, 2.75) is 32.6 Å². The molecule has 0 bridgehead atoms. The molecule has 2 nitrogen and oxygen atoms in total. The molecule has 0 aliphatic carbocycles. The molecule has 1 aromatic rings. The molecule has 0 spiro atoms. The first kappa shape index (κ1) is 13.0. The molecule has 2 N–H and O–H groups in total. The maximum atomic E-state index is 5.58. The molecule has 0 amide bonds. The molecule has 0 aliphatic heterocycles. The van der Waals surface area contributed by atoms with Crippen LogP contribution in [0, 0.1) is 5.92 Å². The predicted octanol–water partition coefficient (Wildman–Crippen LogP) is 3.17. The topological polar surface area (TPSA) is 35.2 Å². The fourth-order valence-electron chi connectivity index (χ4n) is 2.07. The lowest BCUT2D eigenvalue weighted by atomic mass is 9.85. The van der Waals surface area contributed by atoms with Crippen LogP contribution in [-0.2, 0) is 0 Å². The van der Waals surface area contributed by atoms with Crippen molar-refractivity contribution in [3.8, 4) is 5.75 Å². The Morgan fingerprint density at radius 3 is 2.25 bits per heavy atom. The average molecular weight is 221 g/mol. The molecular weight excluding hydrogens is 198 g/mol. The van der Waals surface area contributed by atoms with Gasteiger partial charge in [0.05, 0.1) is 7.11 Å². The second-order valence-corrected chi connectivity index (χ2v) is 4.55. The van der Waals surface area contributed by atoms with Crippen molar-refractivity contribution in [1.29, 1.82) is 0 Å². The summed E-state index contributed by atoms with van der Waals surface area (Å²) in [6.07, 6.45) is 2.26. The predicted molar refractivity (Wildman–Crippen MR) is 68.9 cm³/mol. The van der Waals surface area contributed by atoms with E-state index >= 15 is 0 Å². The van der Waals surface area contributed by atoms with E-state index in [4.69, 9.17) is 10.5 Å². The van der Waals surface area contributed by atoms with Crippen LogP contribution < -0.4 is 10.5 Å². The summed E-state index contributed by atoms with van der Waals surface area (Å²) in [5.74, 6) is 2.18. The van der Waals surface area contributed by atoms with Crippen molar-refractivity contribution < 1.29 is 4.74 Å². The Hall–Kier alpha value is -1.02. The van der Waals surface area contributed by atoms with Gasteiger partial charge in [-0.2, -0.15) is 0 Å². The van der Waals surface area contributed by atoms with Gasteiger partial charge in [-0.05, 0) is 48.9 Å². The summed E-state index contributed by atoms with van der Waals surface area (Å²) in [7, 11) is 1.70. The monoisotopic (exact) mass is 221 g/mol. The maximum Gasteiger partial charge on any atom is 0.118 e. The van der Waals surface area contributed by atoms with Crippen LogP contribution in [0.4, 0.5) is 0 Å². The second-order valence-electron chi connectivity index (χ2n) is 4.55. The lowest BCUT2D eigenvalue weighted by molar-refractivity contribution is 0.413. The van der Waals surface area contributed by atoms with Crippen LogP contribution in [0.5, 0.6) is 5.75 Å². The normalized spacial score (nSPS) is 12.8. The van der Waals surface area contributed by atoms with E-state index in [0.717, 1.165) is 18.7 Å². The van der Waals surface area contributed by atoms with E-state index in [1.165, 1.54) is 12.0 Å². The lowest BCUT2D eigenvalue weighted by Gasteiger charge is -2.21. The SMILES string of the molecule is COc1ccc(C(CCCN)C(C)C)cc1. The van der Waals surface area contributed by atoms with Crippen LogP contribution in [-0.4, -0.2) is 13.7 Å². The van der Waals surface area contributed by atoms with Crippen LogP contribution >= 0.6 is 0 Å². The Balaban J connectivity index is 2.75. The molecule has 0 radical (unpaired) electrons. The molecule has 1 unspecified atom stereocenters. The number of benzene rings is 1. The zero-order valence-corrected chi connectivity index (χ0v) is 10.6. The number of nitrogens with two attached hydrogens (primary N) is 1. The Morgan fingerprint density at radius 1 is 1.19 bits per heavy atom. The molecule has 0 aromatic heterocycles. The van der Waals surface area contributed by atoms with Gasteiger partial charge in [0.2, 0.25) is 0 Å². The first-order chi connectivity index (χ1) is 7.69. The molecule has 1 aromatic carbocycles. The van der Waals surface area contributed by atoms with Gasteiger partial charge < -0.3 is 10.5 Å². The maximum absolute atomic E-state index is 5.58. The van der Waals surface area contributed by atoms with E-state index in [0.29, 0.717) is 11.8 Å². The van der Waals surface area contributed by atoms with Gasteiger partial charge in [0.1, 0.15) is 5.75 Å². The third-order valence-corrected chi connectivity index (χ3v) is 3.07. The van der Waals surface area contributed by atoms with Gasteiger partial charge in [0.15, 0.2) is 0 Å². The molecular formula is C14H23NO. The summed E-state index contributed by atoms with van der Waals surface area (Å²) in [5, 5.41) is 0. The standard InChI is InChI=1S/C14H23NO/c1-11(2)14(5-4-10-15)12-6-8-13(16-3)9-7-12/h6-9,11,14H,4-5,10,15H2,1-3H3. The lowest BCUT2D eigenvalue weighted by Crippen LogP contribution is -2.09. The third kappa shape index (κ3) is 3.53. The van der Waals surface area contributed by atoms with Gasteiger partial charge in [-0.15, -0.1) is 0 Å². The minimum atomic E-state index is 0.606. The van der Waals surface area contributed by atoms with Crippen molar-refractivity contribution in [1.82, 2.24) is 0 Å². The second kappa shape index (κ2) is 6.54. The minimum Gasteiger partial charge on any atom is -0.497 e. The quantitative estimate of drug-likeness (QED) is 0.800. The van der Waals surface area contributed by atoms with Crippen molar-refractivity contribution >= 4 is 0 Å². The summed E-state index contributed by atoms with van der Waals surface area (Å²) in [6.45, 7) is 5.32. The number of hydrogen-bond donors (Lipinski definition) is 1. The molecule has 1 rings (SSSR count). The molecule has 0 saturated carbocycles. The van der Waals surface area contributed by atoms with E-state index in [-0.39, 0.29) is 0 Å². The highest BCUT2D eigenvalue weighted by atomic mass is 16.5. The summed E-state index contributed by atoms with van der Waals surface area (Å²) in [5.41, 5.74) is 6.97. The van der Waals surface area contributed by atoms with Gasteiger partial charge in [-0.25, -0.2) is 0 Å². The fourth-order valence-corrected chi connectivity index (χ4v) is 2.07. The number of rotatable bonds is 6. The first-order valence-corrected chi connectivity index (χ1v) is 6.03. The smallest absolute Gasteiger partial charge is 0.118 e. The zero-order valence-electron chi connectivity index (χ0n) is 10.6. The van der Waals surface area contributed by atoms with Crippen molar-refractivity contribution in [3.63, 3.8) is 0 Å². The summed E-state index contributed by atoms with van der Waals surface area (Å²) in [6, 6.07) is 8.40. The van der Waals surface area contributed by atoms with E-state index in [9.17, 15) is 0 Å². The number of methoxy groups -OCH3 is 1. The van der Waals surface area contributed by atoms with E-state index in [2.05, 4.69) is 26.0 Å². The highest BCUT2D eigenvalue weighted by Crippen LogP contribution is 2.29. The molecule has 16 heavy (non-hydrogen) atoms. The molecule has 0 aliphatic rings. The van der Waals surface area contributed by atoms with Crippen molar-refractivity contribution in [3.05, 3.63) is 29.8 Å². The van der Waals surface area contributed by atoms with Crippen LogP contribution in [0.15, 0.2) is 24.3 Å². The molecule has 0 heterocycles. The van der Waals surface area contributed by atoms with E-state index in [1.807, 2.05) is 12.1 Å². The molecule has 1 atom stereocenters. The Morgan fingerprint density at radius 2 is 1.81 bits per heavy atom. The van der Waals surface area contributed by atoms with Crippen LogP contribution in [0.25, 0.3) is 0 Å². The van der Waals surface area contributed by atoms with Crippen LogP contribution in [0.2, 0.25) is 0 Å². The zero-order chi connectivity index (χ0) is 12.0. The third-order valence-electron chi connectivity index (χ3n) is 3.07. The Labute approximate surface area is 98.8 Å². The Bertz CT molecular complexity index is 292. The van der Waals surface area contributed by atoms with Gasteiger partial charge in [0, 0.05) is 0 Å². The average Bonchev–Trinajstić information content (AvgIpc) is 2.30. The van der Waals surface area contributed by atoms with E-state index < -0.39 is 0 Å². The minimum absolute atomic E-state index is 0.606.